The maximum absolute atomic E-state index is 10.8. The fourth-order valence-corrected chi connectivity index (χ4v) is 2.56. The van der Waals surface area contributed by atoms with Crippen LogP contribution in [0.5, 0.6) is 0 Å². The number of carboxylic acids is 1. The number of nitrogens with zero attached hydrogens (tertiary/aromatic N) is 2. The van der Waals surface area contributed by atoms with E-state index in [1.54, 1.807) is 0 Å². The van der Waals surface area contributed by atoms with Gasteiger partial charge in [-0.25, -0.2) is 4.79 Å². The summed E-state index contributed by atoms with van der Waals surface area (Å²) in [5.74, 6) is -0.628. The zero-order valence-electron chi connectivity index (χ0n) is 7.66. The van der Waals surface area contributed by atoms with Crippen LogP contribution in [0.25, 0.3) is 0 Å². The van der Waals surface area contributed by atoms with Gasteiger partial charge in [0.1, 0.15) is 5.69 Å². The van der Waals surface area contributed by atoms with Crippen LogP contribution in [0.1, 0.15) is 47.8 Å². The fourth-order valence-electron chi connectivity index (χ4n) is 2.56. The van der Waals surface area contributed by atoms with Gasteiger partial charge in [0.15, 0.2) is 5.69 Å². The standard InChI is InChI=1S/C9H11N3O2/c13-8(14)7-6(10-12-11-7)5-4-9(5)2-1-3-9/h5H,1-4H2,(H,13,14)(H,10,11,12). The molecule has 0 aromatic carbocycles. The van der Waals surface area contributed by atoms with Crippen LogP contribution in [0.3, 0.4) is 0 Å². The number of hydrogen-bond donors (Lipinski definition) is 2. The zero-order valence-corrected chi connectivity index (χ0v) is 7.66. The Hall–Kier alpha value is -1.39. The van der Waals surface area contributed by atoms with Gasteiger partial charge in [0.2, 0.25) is 0 Å². The van der Waals surface area contributed by atoms with E-state index in [-0.39, 0.29) is 5.69 Å². The van der Waals surface area contributed by atoms with Crippen molar-refractivity contribution in [1.82, 2.24) is 15.4 Å². The maximum atomic E-state index is 10.8. The summed E-state index contributed by atoms with van der Waals surface area (Å²) >= 11 is 0. The van der Waals surface area contributed by atoms with E-state index >= 15 is 0 Å². The number of H-pyrrole nitrogens is 1. The summed E-state index contributed by atoms with van der Waals surface area (Å²) < 4.78 is 0. The lowest BCUT2D eigenvalue weighted by atomic mass is 9.79. The highest BCUT2D eigenvalue weighted by molar-refractivity contribution is 5.86. The zero-order chi connectivity index (χ0) is 9.76. The minimum atomic E-state index is -0.977. The first-order chi connectivity index (χ1) is 6.73. The highest BCUT2D eigenvalue weighted by Gasteiger charge is 2.60. The van der Waals surface area contributed by atoms with Gasteiger partial charge in [-0.15, -0.1) is 5.10 Å². The normalized spacial score (nSPS) is 27.3. The van der Waals surface area contributed by atoms with Crippen molar-refractivity contribution in [3.63, 3.8) is 0 Å². The Bertz CT molecular complexity index is 395. The van der Waals surface area contributed by atoms with E-state index in [0.717, 1.165) is 6.42 Å². The second-order valence-electron chi connectivity index (χ2n) is 4.34. The van der Waals surface area contributed by atoms with Crippen molar-refractivity contribution in [2.45, 2.75) is 31.6 Å². The fraction of sp³-hybridized carbons (Fsp3) is 0.667. The van der Waals surface area contributed by atoms with Crippen molar-refractivity contribution in [3.05, 3.63) is 11.4 Å². The summed E-state index contributed by atoms with van der Waals surface area (Å²) in [6, 6.07) is 0. The highest BCUT2D eigenvalue weighted by atomic mass is 16.4. The average molecular weight is 193 g/mol. The van der Waals surface area contributed by atoms with Crippen LogP contribution in [0.4, 0.5) is 0 Å². The first-order valence-electron chi connectivity index (χ1n) is 4.87. The van der Waals surface area contributed by atoms with Crippen LogP contribution < -0.4 is 0 Å². The molecule has 1 spiro atoms. The van der Waals surface area contributed by atoms with Crippen molar-refractivity contribution >= 4 is 5.97 Å². The van der Waals surface area contributed by atoms with Crippen molar-refractivity contribution in [2.24, 2.45) is 5.41 Å². The Labute approximate surface area is 80.5 Å². The molecule has 2 aliphatic rings. The Morgan fingerprint density at radius 3 is 2.79 bits per heavy atom. The third kappa shape index (κ3) is 0.867. The van der Waals surface area contributed by atoms with Gasteiger partial charge in [-0.2, -0.15) is 10.3 Å². The predicted octanol–water partition coefficient (Wildman–Crippen LogP) is 1.16. The number of carboxylic acid groups (broad SMARTS) is 1. The van der Waals surface area contributed by atoms with Gasteiger partial charge < -0.3 is 5.11 Å². The van der Waals surface area contributed by atoms with Gasteiger partial charge in [-0.1, -0.05) is 6.42 Å². The third-order valence-electron chi connectivity index (χ3n) is 3.65. The highest BCUT2D eigenvalue weighted by Crippen LogP contribution is 2.70. The summed E-state index contributed by atoms with van der Waals surface area (Å²) in [5, 5.41) is 18.9. The Balaban J connectivity index is 1.90. The molecule has 5 nitrogen and oxygen atoms in total. The van der Waals surface area contributed by atoms with E-state index in [1.807, 2.05) is 0 Å². The molecule has 0 bridgehead atoms. The Morgan fingerprint density at radius 1 is 1.50 bits per heavy atom. The van der Waals surface area contributed by atoms with Gasteiger partial charge in [-0.05, 0) is 24.7 Å². The van der Waals surface area contributed by atoms with E-state index in [2.05, 4.69) is 15.4 Å². The van der Waals surface area contributed by atoms with Gasteiger partial charge in [-0.3, -0.25) is 0 Å². The number of nitrogens with one attached hydrogen (secondary N) is 1. The number of aromatic nitrogens is 3. The summed E-state index contributed by atoms with van der Waals surface area (Å²) in [6.45, 7) is 0. The van der Waals surface area contributed by atoms with Crippen LogP contribution in [-0.4, -0.2) is 26.5 Å². The van der Waals surface area contributed by atoms with E-state index in [1.165, 1.54) is 19.3 Å². The molecule has 5 heteroatoms. The van der Waals surface area contributed by atoms with Gasteiger partial charge in [0.25, 0.3) is 0 Å². The van der Waals surface area contributed by atoms with Crippen molar-refractivity contribution in [3.8, 4) is 0 Å². The monoisotopic (exact) mass is 193 g/mol. The number of aromatic carboxylic acids is 1. The molecule has 1 unspecified atom stereocenters. The van der Waals surface area contributed by atoms with Crippen molar-refractivity contribution < 1.29 is 9.90 Å². The van der Waals surface area contributed by atoms with Crippen LogP contribution >= 0.6 is 0 Å². The smallest absolute Gasteiger partial charge is 0.358 e. The summed E-state index contributed by atoms with van der Waals surface area (Å²) in [7, 11) is 0. The molecule has 1 aromatic rings. The molecule has 74 valence electrons. The molecule has 0 amide bonds. The van der Waals surface area contributed by atoms with E-state index in [4.69, 9.17) is 5.11 Å². The molecule has 2 fully saturated rings. The van der Waals surface area contributed by atoms with Gasteiger partial charge in [0.05, 0.1) is 0 Å². The lowest BCUT2D eigenvalue weighted by Crippen LogP contribution is -2.15. The second kappa shape index (κ2) is 2.34. The molecule has 2 N–H and O–H groups in total. The number of rotatable bonds is 2. The lowest BCUT2D eigenvalue weighted by molar-refractivity contribution is 0.0688. The maximum Gasteiger partial charge on any atom is 0.358 e. The quantitative estimate of drug-likeness (QED) is 0.738. The minimum Gasteiger partial charge on any atom is -0.476 e. The summed E-state index contributed by atoms with van der Waals surface area (Å²) in [5.41, 5.74) is 1.18. The van der Waals surface area contributed by atoms with Crippen LogP contribution in [0.15, 0.2) is 0 Å². The second-order valence-corrected chi connectivity index (χ2v) is 4.34. The van der Waals surface area contributed by atoms with Crippen LogP contribution in [-0.2, 0) is 0 Å². The van der Waals surface area contributed by atoms with E-state index < -0.39 is 5.97 Å². The molecule has 0 saturated heterocycles. The first kappa shape index (κ1) is 7.96. The van der Waals surface area contributed by atoms with Crippen LogP contribution in [0.2, 0.25) is 0 Å². The average Bonchev–Trinajstić information content (AvgIpc) is 2.67. The van der Waals surface area contributed by atoms with E-state index in [9.17, 15) is 4.79 Å². The molecule has 0 radical (unpaired) electrons. The van der Waals surface area contributed by atoms with Crippen molar-refractivity contribution in [2.75, 3.05) is 0 Å². The SMILES string of the molecule is O=C(O)c1n[nH]nc1C1CC12CCC2. The minimum absolute atomic E-state index is 0.110. The van der Waals surface area contributed by atoms with Gasteiger partial charge in [0, 0.05) is 5.92 Å². The summed E-state index contributed by atoms with van der Waals surface area (Å²) in [4.78, 5) is 10.8. The lowest BCUT2D eigenvalue weighted by Gasteiger charge is -2.26. The van der Waals surface area contributed by atoms with Gasteiger partial charge >= 0.3 is 5.97 Å². The molecule has 3 rings (SSSR count). The first-order valence-corrected chi connectivity index (χ1v) is 4.87. The number of carbonyl (C=O) groups is 1. The largest absolute Gasteiger partial charge is 0.476 e. The predicted molar refractivity (Wildman–Crippen MR) is 47.0 cm³/mol. The molecular formula is C9H11N3O2. The third-order valence-corrected chi connectivity index (χ3v) is 3.65. The van der Waals surface area contributed by atoms with Crippen LogP contribution in [0, 0.1) is 5.41 Å². The molecule has 0 aliphatic heterocycles. The molecular weight excluding hydrogens is 182 g/mol. The number of aromatic amines is 1. The molecule has 1 aromatic heterocycles. The topological polar surface area (TPSA) is 78.9 Å². The Morgan fingerprint density at radius 2 is 2.29 bits per heavy atom. The Kier molecular flexibility index (Phi) is 1.33. The molecule has 1 atom stereocenters. The summed E-state index contributed by atoms with van der Waals surface area (Å²) in [6.07, 6.45) is 4.82. The number of hydrogen-bond acceptors (Lipinski definition) is 3. The molecule has 2 saturated carbocycles. The molecule has 14 heavy (non-hydrogen) atoms. The van der Waals surface area contributed by atoms with E-state index in [0.29, 0.717) is 17.0 Å². The molecule has 1 heterocycles. The molecule has 2 aliphatic carbocycles. The van der Waals surface area contributed by atoms with Crippen molar-refractivity contribution in [1.29, 1.82) is 0 Å².